The summed E-state index contributed by atoms with van der Waals surface area (Å²) in [6.45, 7) is 1.54. The van der Waals surface area contributed by atoms with Crippen molar-refractivity contribution in [3.8, 4) is 12.3 Å². The molecule has 0 fully saturated rings. The third-order valence-corrected chi connectivity index (χ3v) is 2.28. The largest absolute Gasteiger partial charge is 0.375 e. The van der Waals surface area contributed by atoms with Crippen molar-refractivity contribution in [3.05, 3.63) is 34.9 Å². The molecule has 5 heteroatoms. The van der Waals surface area contributed by atoms with Gasteiger partial charge < -0.3 is 15.4 Å². The number of hydrogen-bond acceptors (Lipinski definition) is 2. The van der Waals surface area contributed by atoms with Crippen molar-refractivity contribution < 1.29 is 9.53 Å². The molecule has 2 amide bonds. The SMILES string of the molecule is C#CCNC(=O)NCCOCc1cccc(Cl)c1. The summed E-state index contributed by atoms with van der Waals surface area (Å²) < 4.78 is 5.39. The molecule has 0 aliphatic rings. The molecule has 0 atom stereocenters. The van der Waals surface area contributed by atoms with Crippen molar-refractivity contribution in [1.29, 1.82) is 0 Å². The molecule has 0 aliphatic carbocycles. The summed E-state index contributed by atoms with van der Waals surface area (Å²) in [5, 5.41) is 5.79. The number of terminal acetylenes is 1. The molecular formula is C13H15ClN2O2. The van der Waals surface area contributed by atoms with Gasteiger partial charge in [0.2, 0.25) is 0 Å². The lowest BCUT2D eigenvalue weighted by atomic mass is 10.2. The molecule has 2 N–H and O–H groups in total. The Morgan fingerprint density at radius 1 is 1.44 bits per heavy atom. The molecule has 1 aromatic rings. The highest BCUT2D eigenvalue weighted by atomic mass is 35.5. The number of halogens is 1. The highest BCUT2D eigenvalue weighted by Crippen LogP contribution is 2.11. The summed E-state index contributed by atoms with van der Waals surface area (Å²) in [4.78, 5) is 11.1. The second kappa shape index (κ2) is 8.40. The van der Waals surface area contributed by atoms with Gasteiger partial charge >= 0.3 is 6.03 Å². The first-order valence-electron chi connectivity index (χ1n) is 5.49. The van der Waals surface area contributed by atoms with E-state index >= 15 is 0 Å². The molecule has 0 radical (unpaired) electrons. The van der Waals surface area contributed by atoms with Crippen LogP contribution in [0.3, 0.4) is 0 Å². The van der Waals surface area contributed by atoms with Gasteiger partial charge in [0, 0.05) is 11.6 Å². The van der Waals surface area contributed by atoms with Crippen molar-refractivity contribution in [2.45, 2.75) is 6.61 Å². The first-order chi connectivity index (χ1) is 8.72. The predicted molar refractivity (Wildman–Crippen MR) is 71.3 cm³/mol. The van der Waals surface area contributed by atoms with E-state index in [2.05, 4.69) is 16.6 Å². The molecule has 1 aromatic carbocycles. The van der Waals surface area contributed by atoms with Crippen LogP contribution in [0.15, 0.2) is 24.3 Å². The Balaban J connectivity index is 2.09. The molecule has 0 aromatic heterocycles. The van der Waals surface area contributed by atoms with Crippen LogP contribution in [-0.4, -0.2) is 25.7 Å². The number of nitrogens with one attached hydrogen (secondary N) is 2. The van der Waals surface area contributed by atoms with Crippen LogP contribution in [0.2, 0.25) is 5.02 Å². The van der Waals surface area contributed by atoms with E-state index in [1.165, 1.54) is 0 Å². The van der Waals surface area contributed by atoms with Crippen LogP contribution in [0.4, 0.5) is 4.79 Å². The molecule has 0 saturated carbocycles. The van der Waals surface area contributed by atoms with Gasteiger partial charge in [0.15, 0.2) is 0 Å². The zero-order valence-electron chi connectivity index (χ0n) is 9.91. The maximum atomic E-state index is 11.1. The minimum atomic E-state index is -0.292. The summed E-state index contributed by atoms with van der Waals surface area (Å²) in [5.74, 6) is 2.31. The maximum absolute atomic E-state index is 11.1. The van der Waals surface area contributed by atoms with Gasteiger partial charge in [-0.25, -0.2) is 4.79 Å². The van der Waals surface area contributed by atoms with Crippen LogP contribution >= 0.6 is 11.6 Å². The molecule has 1 rings (SSSR count). The normalized spacial score (nSPS) is 9.56. The second-order valence-electron chi connectivity index (χ2n) is 3.50. The Morgan fingerprint density at radius 2 is 2.28 bits per heavy atom. The van der Waals surface area contributed by atoms with Gasteiger partial charge in [-0.2, -0.15) is 0 Å². The van der Waals surface area contributed by atoms with Crippen LogP contribution in [0.25, 0.3) is 0 Å². The Hall–Kier alpha value is -1.70. The monoisotopic (exact) mass is 266 g/mol. The number of benzene rings is 1. The molecular weight excluding hydrogens is 252 g/mol. The third kappa shape index (κ3) is 6.14. The van der Waals surface area contributed by atoms with Crippen molar-refractivity contribution in [1.82, 2.24) is 10.6 Å². The van der Waals surface area contributed by atoms with Crippen LogP contribution in [0.1, 0.15) is 5.56 Å². The van der Waals surface area contributed by atoms with Crippen LogP contribution in [-0.2, 0) is 11.3 Å². The lowest BCUT2D eigenvalue weighted by Crippen LogP contribution is -2.37. The lowest BCUT2D eigenvalue weighted by Gasteiger charge is -2.07. The predicted octanol–water partition coefficient (Wildman–Crippen LogP) is 1.79. The average Bonchev–Trinajstić information content (AvgIpc) is 2.36. The molecule has 0 bridgehead atoms. The Morgan fingerprint density at radius 3 is 3.00 bits per heavy atom. The summed E-state index contributed by atoms with van der Waals surface area (Å²) in [7, 11) is 0. The van der Waals surface area contributed by atoms with Gasteiger partial charge in [-0.1, -0.05) is 29.7 Å². The van der Waals surface area contributed by atoms with Gasteiger partial charge in [0.05, 0.1) is 19.8 Å². The van der Waals surface area contributed by atoms with Gasteiger partial charge in [0.25, 0.3) is 0 Å². The molecule has 96 valence electrons. The van der Waals surface area contributed by atoms with Gasteiger partial charge in [-0.3, -0.25) is 0 Å². The zero-order valence-corrected chi connectivity index (χ0v) is 10.7. The van der Waals surface area contributed by atoms with Crippen molar-refractivity contribution >= 4 is 17.6 Å². The highest BCUT2D eigenvalue weighted by Gasteiger charge is 1.98. The van der Waals surface area contributed by atoms with Crippen molar-refractivity contribution in [3.63, 3.8) is 0 Å². The topological polar surface area (TPSA) is 50.4 Å². The van der Waals surface area contributed by atoms with E-state index in [-0.39, 0.29) is 12.6 Å². The van der Waals surface area contributed by atoms with Crippen molar-refractivity contribution in [2.24, 2.45) is 0 Å². The van der Waals surface area contributed by atoms with Gasteiger partial charge in [-0.05, 0) is 17.7 Å². The standard InChI is InChI=1S/C13H15ClN2O2/c1-2-6-15-13(17)16-7-8-18-10-11-4-3-5-12(14)9-11/h1,3-5,9H,6-8,10H2,(H2,15,16,17). The number of carbonyl (C=O) groups is 1. The third-order valence-electron chi connectivity index (χ3n) is 2.04. The summed E-state index contributed by atoms with van der Waals surface area (Å²) >= 11 is 5.84. The minimum absolute atomic E-state index is 0.217. The molecule has 18 heavy (non-hydrogen) atoms. The van der Waals surface area contributed by atoms with Crippen LogP contribution < -0.4 is 10.6 Å². The highest BCUT2D eigenvalue weighted by molar-refractivity contribution is 6.30. The minimum Gasteiger partial charge on any atom is -0.375 e. The fourth-order valence-electron chi connectivity index (χ4n) is 1.25. The summed E-state index contributed by atoms with van der Waals surface area (Å²) in [5.41, 5.74) is 0.999. The van der Waals surface area contributed by atoms with E-state index in [0.29, 0.717) is 24.8 Å². The Kier molecular flexibility index (Phi) is 6.70. The Bertz CT molecular complexity index is 429. The maximum Gasteiger partial charge on any atom is 0.315 e. The second-order valence-corrected chi connectivity index (χ2v) is 3.93. The first-order valence-corrected chi connectivity index (χ1v) is 5.87. The number of carbonyl (C=O) groups excluding carboxylic acids is 1. The van der Waals surface area contributed by atoms with E-state index in [1.807, 2.05) is 24.3 Å². The van der Waals surface area contributed by atoms with E-state index in [4.69, 9.17) is 22.8 Å². The number of hydrogen-bond donors (Lipinski definition) is 2. The number of rotatable bonds is 6. The molecule has 0 spiro atoms. The summed E-state index contributed by atoms with van der Waals surface area (Å²) in [6.07, 6.45) is 5.00. The summed E-state index contributed by atoms with van der Waals surface area (Å²) in [6, 6.07) is 7.15. The van der Waals surface area contributed by atoms with E-state index in [9.17, 15) is 4.79 Å². The Labute approximate surface area is 112 Å². The number of amides is 2. The molecule has 0 aliphatic heterocycles. The fourth-order valence-corrected chi connectivity index (χ4v) is 1.46. The first kappa shape index (κ1) is 14.4. The quantitative estimate of drug-likeness (QED) is 0.609. The van der Waals surface area contributed by atoms with Gasteiger partial charge in [-0.15, -0.1) is 6.42 Å². The lowest BCUT2D eigenvalue weighted by molar-refractivity contribution is 0.123. The molecule has 0 unspecified atom stereocenters. The van der Waals surface area contributed by atoms with E-state index in [0.717, 1.165) is 5.56 Å². The van der Waals surface area contributed by atoms with E-state index in [1.54, 1.807) is 0 Å². The van der Waals surface area contributed by atoms with E-state index < -0.39 is 0 Å². The number of ether oxygens (including phenoxy) is 1. The fraction of sp³-hybridized carbons (Fsp3) is 0.308. The van der Waals surface area contributed by atoms with Crippen LogP contribution in [0, 0.1) is 12.3 Å². The number of urea groups is 1. The van der Waals surface area contributed by atoms with Crippen molar-refractivity contribution in [2.75, 3.05) is 19.7 Å². The molecule has 4 nitrogen and oxygen atoms in total. The zero-order chi connectivity index (χ0) is 13.2. The molecule has 0 saturated heterocycles. The smallest absolute Gasteiger partial charge is 0.315 e. The average molecular weight is 267 g/mol. The van der Waals surface area contributed by atoms with Crippen LogP contribution in [0.5, 0.6) is 0 Å². The van der Waals surface area contributed by atoms with Gasteiger partial charge in [0.1, 0.15) is 0 Å². The molecule has 0 heterocycles.